The second kappa shape index (κ2) is 3.05. The van der Waals surface area contributed by atoms with E-state index < -0.39 is 5.82 Å². The molecule has 3 heteroatoms. The maximum atomic E-state index is 12.8. The highest BCUT2D eigenvalue weighted by Crippen LogP contribution is 2.17. The molecule has 0 unspecified atom stereocenters. The van der Waals surface area contributed by atoms with Gasteiger partial charge in [-0.15, -0.1) is 4.91 Å². The molecule has 0 aliphatic carbocycles. The molecular weight excluding hydrogens is 145 g/mol. The monoisotopic (exact) mass is 151 g/mol. The average molecular weight is 151 g/mol. The highest BCUT2D eigenvalue weighted by molar-refractivity contribution is 5.52. The van der Waals surface area contributed by atoms with Crippen molar-refractivity contribution in [3.05, 3.63) is 41.1 Å². The first kappa shape index (κ1) is 7.60. The summed E-state index contributed by atoms with van der Waals surface area (Å²) in [6, 6.07) is 3.97. The highest BCUT2D eigenvalue weighted by atomic mass is 19.1. The summed E-state index contributed by atoms with van der Waals surface area (Å²) in [5, 5.41) is 2.58. The van der Waals surface area contributed by atoms with Crippen molar-refractivity contribution in [1.82, 2.24) is 0 Å². The lowest BCUT2D eigenvalue weighted by Gasteiger charge is -1.94. The zero-order chi connectivity index (χ0) is 8.27. The van der Waals surface area contributed by atoms with Crippen LogP contribution in [0.2, 0.25) is 0 Å². The number of nitroso groups, excluding NO2 is 1. The van der Waals surface area contributed by atoms with Gasteiger partial charge in [-0.1, -0.05) is 12.7 Å². The Bertz CT molecular complexity index is 296. The molecule has 0 saturated carbocycles. The Morgan fingerprint density at radius 1 is 1.55 bits per heavy atom. The molecule has 0 aromatic heterocycles. The topological polar surface area (TPSA) is 29.4 Å². The standard InChI is InChI=1S/C8H6FNO/c1-2-6-3-4-7(10-11)5-8(6)9/h2-5H,1H2. The Labute approximate surface area is 63.3 Å². The SMILES string of the molecule is C=Cc1ccc(N=O)cc1F. The third-order valence-electron chi connectivity index (χ3n) is 1.31. The fourth-order valence-electron chi connectivity index (χ4n) is 0.738. The lowest BCUT2D eigenvalue weighted by atomic mass is 10.2. The first-order valence-corrected chi connectivity index (χ1v) is 3.03. The molecule has 0 bridgehead atoms. The first-order chi connectivity index (χ1) is 5.27. The molecular formula is C8H6FNO. The summed E-state index contributed by atoms with van der Waals surface area (Å²) in [6.45, 7) is 3.40. The van der Waals surface area contributed by atoms with Crippen LogP contribution >= 0.6 is 0 Å². The van der Waals surface area contributed by atoms with Crippen LogP contribution in [0.4, 0.5) is 10.1 Å². The molecule has 0 aliphatic rings. The number of benzene rings is 1. The molecule has 0 radical (unpaired) electrons. The summed E-state index contributed by atoms with van der Waals surface area (Å²) >= 11 is 0. The van der Waals surface area contributed by atoms with E-state index in [1.54, 1.807) is 0 Å². The van der Waals surface area contributed by atoms with Crippen LogP contribution in [-0.4, -0.2) is 0 Å². The van der Waals surface area contributed by atoms with Crippen molar-refractivity contribution in [3.8, 4) is 0 Å². The summed E-state index contributed by atoms with van der Waals surface area (Å²) in [6.07, 6.45) is 1.38. The Morgan fingerprint density at radius 2 is 2.27 bits per heavy atom. The van der Waals surface area contributed by atoms with Gasteiger partial charge in [0.2, 0.25) is 0 Å². The highest BCUT2D eigenvalue weighted by Gasteiger charge is 1.98. The van der Waals surface area contributed by atoms with Crippen LogP contribution in [0.3, 0.4) is 0 Å². The summed E-state index contributed by atoms with van der Waals surface area (Å²) < 4.78 is 12.8. The number of rotatable bonds is 2. The Kier molecular flexibility index (Phi) is 2.11. The number of nitrogens with zero attached hydrogens (tertiary/aromatic N) is 1. The van der Waals surface area contributed by atoms with Crippen molar-refractivity contribution in [1.29, 1.82) is 0 Å². The molecule has 11 heavy (non-hydrogen) atoms. The molecule has 0 fully saturated rings. The second-order valence-corrected chi connectivity index (χ2v) is 2.00. The van der Waals surface area contributed by atoms with Crippen molar-refractivity contribution in [2.75, 3.05) is 0 Å². The maximum absolute atomic E-state index is 12.8. The van der Waals surface area contributed by atoms with Crippen LogP contribution in [0.5, 0.6) is 0 Å². The molecule has 0 atom stereocenters. The van der Waals surface area contributed by atoms with E-state index >= 15 is 0 Å². The smallest absolute Gasteiger partial charge is 0.132 e. The van der Waals surface area contributed by atoms with Crippen LogP contribution in [0.25, 0.3) is 6.08 Å². The Balaban J connectivity index is 3.18. The van der Waals surface area contributed by atoms with Crippen LogP contribution in [-0.2, 0) is 0 Å². The van der Waals surface area contributed by atoms with Crippen molar-refractivity contribution in [2.45, 2.75) is 0 Å². The van der Waals surface area contributed by atoms with E-state index in [0.717, 1.165) is 6.07 Å². The molecule has 1 rings (SSSR count). The average Bonchev–Trinajstić information content (AvgIpc) is 2.04. The Hall–Kier alpha value is -1.51. The fourth-order valence-corrected chi connectivity index (χ4v) is 0.738. The first-order valence-electron chi connectivity index (χ1n) is 3.03. The summed E-state index contributed by atoms with van der Waals surface area (Å²) in [5.41, 5.74) is 0.463. The number of halogens is 1. The molecule has 0 aliphatic heterocycles. The molecule has 0 saturated heterocycles. The van der Waals surface area contributed by atoms with Gasteiger partial charge in [0.25, 0.3) is 0 Å². The van der Waals surface area contributed by atoms with Crippen LogP contribution in [0, 0.1) is 10.7 Å². The van der Waals surface area contributed by atoms with E-state index in [9.17, 15) is 9.30 Å². The number of hydrogen-bond donors (Lipinski definition) is 0. The van der Waals surface area contributed by atoms with Gasteiger partial charge in [-0.2, -0.15) is 0 Å². The molecule has 2 nitrogen and oxygen atoms in total. The fraction of sp³-hybridized carbons (Fsp3) is 0. The van der Waals surface area contributed by atoms with Gasteiger partial charge < -0.3 is 0 Å². The van der Waals surface area contributed by atoms with Gasteiger partial charge in [-0.05, 0) is 17.3 Å². The van der Waals surface area contributed by atoms with E-state index in [-0.39, 0.29) is 5.69 Å². The summed E-state index contributed by atoms with van der Waals surface area (Å²) in [7, 11) is 0. The van der Waals surface area contributed by atoms with E-state index in [1.165, 1.54) is 18.2 Å². The zero-order valence-electron chi connectivity index (χ0n) is 5.75. The van der Waals surface area contributed by atoms with Crippen molar-refractivity contribution >= 4 is 11.8 Å². The van der Waals surface area contributed by atoms with Crippen molar-refractivity contribution in [2.24, 2.45) is 5.18 Å². The van der Waals surface area contributed by atoms with Crippen molar-refractivity contribution in [3.63, 3.8) is 0 Å². The van der Waals surface area contributed by atoms with Crippen LogP contribution in [0.15, 0.2) is 30.0 Å². The summed E-state index contributed by atoms with van der Waals surface area (Å²) in [5.74, 6) is -0.475. The van der Waals surface area contributed by atoms with Gasteiger partial charge in [0.1, 0.15) is 11.5 Å². The third-order valence-corrected chi connectivity index (χ3v) is 1.31. The number of hydrogen-bond acceptors (Lipinski definition) is 2. The van der Waals surface area contributed by atoms with Crippen molar-refractivity contribution < 1.29 is 4.39 Å². The predicted octanol–water partition coefficient (Wildman–Crippen LogP) is 2.87. The molecule has 1 aromatic rings. The van der Waals surface area contributed by atoms with Gasteiger partial charge in [0.15, 0.2) is 0 Å². The molecule has 56 valence electrons. The van der Waals surface area contributed by atoms with Gasteiger partial charge in [-0.25, -0.2) is 4.39 Å². The minimum atomic E-state index is -0.475. The molecule has 0 spiro atoms. The minimum Gasteiger partial charge on any atom is -0.206 e. The zero-order valence-corrected chi connectivity index (χ0v) is 5.75. The van der Waals surface area contributed by atoms with Crippen LogP contribution < -0.4 is 0 Å². The van der Waals surface area contributed by atoms with Gasteiger partial charge >= 0.3 is 0 Å². The van der Waals surface area contributed by atoms with Gasteiger partial charge in [-0.3, -0.25) is 0 Å². The van der Waals surface area contributed by atoms with Gasteiger partial charge in [0.05, 0.1) is 0 Å². The normalized spacial score (nSPS) is 9.18. The Morgan fingerprint density at radius 3 is 2.73 bits per heavy atom. The van der Waals surface area contributed by atoms with Crippen LogP contribution in [0.1, 0.15) is 5.56 Å². The van der Waals surface area contributed by atoms with E-state index in [2.05, 4.69) is 11.8 Å². The lowest BCUT2D eigenvalue weighted by molar-refractivity contribution is 0.625. The molecule has 0 amide bonds. The van der Waals surface area contributed by atoms with E-state index in [4.69, 9.17) is 0 Å². The quantitative estimate of drug-likeness (QED) is 0.597. The molecule has 0 heterocycles. The minimum absolute atomic E-state index is 0.0908. The summed E-state index contributed by atoms with van der Waals surface area (Å²) in [4.78, 5) is 9.92. The van der Waals surface area contributed by atoms with E-state index in [1.807, 2.05) is 0 Å². The van der Waals surface area contributed by atoms with E-state index in [0.29, 0.717) is 5.56 Å². The lowest BCUT2D eigenvalue weighted by Crippen LogP contribution is -1.78. The molecule has 1 aromatic carbocycles. The largest absolute Gasteiger partial charge is 0.206 e. The third kappa shape index (κ3) is 1.49. The second-order valence-electron chi connectivity index (χ2n) is 2.00. The van der Waals surface area contributed by atoms with Gasteiger partial charge in [0, 0.05) is 11.6 Å². The molecule has 0 N–H and O–H groups in total. The predicted molar refractivity (Wildman–Crippen MR) is 41.9 cm³/mol. The maximum Gasteiger partial charge on any atom is 0.132 e.